The fraction of sp³-hybridized carbons (Fsp3) is 0.667. The smallest absolute Gasteiger partial charge is 0.224 e. The quantitative estimate of drug-likeness (QED) is 0.288. The number of guanidine groups is 1. The second-order valence-corrected chi connectivity index (χ2v) is 7.25. The summed E-state index contributed by atoms with van der Waals surface area (Å²) in [5, 5.41) is 6.48. The number of aliphatic imine (C=N–C) groups is 1. The first-order chi connectivity index (χ1) is 14.1. The van der Waals surface area contributed by atoms with Gasteiger partial charge in [-0.05, 0) is 39.4 Å². The summed E-state index contributed by atoms with van der Waals surface area (Å²) >= 11 is 0. The lowest BCUT2D eigenvalue weighted by atomic mass is 10.2. The number of carbonyl (C=O) groups excluding carboxylic acids is 1. The number of hydrogen-bond acceptors (Lipinski definition) is 5. The maximum atomic E-state index is 12.1. The Morgan fingerprint density at radius 2 is 1.83 bits per heavy atom. The van der Waals surface area contributed by atoms with Crippen molar-refractivity contribution in [2.24, 2.45) is 4.99 Å². The van der Waals surface area contributed by atoms with Crippen molar-refractivity contribution in [1.29, 1.82) is 0 Å². The van der Waals surface area contributed by atoms with E-state index in [9.17, 15) is 4.79 Å². The van der Waals surface area contributed by atoms with E-state index in [1.807, 2.05) is 31.9 Å². The number of aromatic nitrogens is 1. The molecule has 1 aromatic rings. The topological polar surface area (TPSA) is 76.1 Å². The molecule has 0 saturated carbocycles. The van der Waals surface area contributed by atoms with Gasteiger partial charge in [0.2, 0.25) is 5.91 Å². The molecular weight excluding hydrogens is 493 g/mol. The molecule has 1 amide bonds. The lowest BCUT2D eigenvalue weighted by Gasteiger charge is -2.33. The lowest BCUT2D eigenvalue weighted by molar-refractivity contribution is -0.130. The van der Waals surface area contributed by atoms with E-state index in [0.29, 0.717) is 19.5 Å². The number of rotatable bonds is 9. The number of hydrogen-bond donors (Lipinski definition) is 2. The molecule has 1 aromatic heterocycles. The molecule has 0 aromatic carbocycles. The summed E-state index contributed by atoms with van der Waals surface area (Å²) < 4.78 is 0. The number of nitrogens with one attached hydrogen (secondary N) is 2. The number of likely N-dealkylation sites (N-methyl/N-ethyl adjacent to an activating group) is 1. The first kappa shape index (κ1) is 26.4. The number of carbonyl (C=O) groups is 1. The Kier molecular flexibility index (Phi) is 12.7. The van der Waals surface area contributed by atoms with Gasteiger partial charge in [-0.1, -0.05) is 6.07 Å². The maximum Gasteiger partial charge on any atom is 0.224 e. The maximum absolute atomic E-state index is 12.1. The van der Waals surface area contributed by atoms with Crippen molar-refractivity contribution in [2.45, 2.75) is 33.7 Å². The van der Waals surface area contributed by atoms with Gasteiger partial charge in [-0.3, -0.25) is 4.79 Å². The van der Waals surface area contributed by atoms with Crippen molar-refractivity contribution in [2.75, 3.05) is 64.3 Å². The summed E-state index contributed by atoms with van der Waals surface area (Å²) in [4.78, 5) is 27.9. The molecular formula is C21H38IN7O. The molecule has 2 N–H and O–H groups in total. The molecule has 2 rings (SSSR count). The van der Waals surface area contributed by atoms with Gasteiger partial charge in [0.15, 0.2) is 5.96 Å². The van der Waals surface area contributed by atoms with Gasteiger partial charge in [-0.15, -0.1) is 24.0 Å². The number of piperazine rings is 1. The molecule has 1 aliphatic rings. The van der Waals surface area contributed by atoms with Crippen LogP contribution >= 0.6 is 24.0 Å². The summed E-state index contributed by atoms with van der Waals surface area (Å²) in [6.45, 7) is 13.6. The van der Waals surface area contributed by atoms with Crippen LogP contribution in [0.4, 0.5) is 5.82 Å². The SMILES string of the molecule is CCNC(=NCc1ccc(N2CCN(C)CC2)nc1)NCCC(=O)N(CC)CC.I. The van der Waals surface area contributed by atoms with Crippen LogP contribution in [0.2, 0.25) is 0 Å². The fourth-order valence-corrected chi connectivity index (χ4v) is 3.27. The molecule has 170 valence electrons. The van der Waals surface area contributed by atoms with Crippen molar-refractivity contribution < 1.29 is 4.79 Å². The van der Waals surface area contributed by atoms with E-state index in [-0.39, 0.29) is 29.9 Å². The van der Waals surface area contributed by atoms with Crippen LogP contribution < -0.4 is 15.5 Å². The molecule has 1 fully saturated rings. The second kappa shape index (κ2) is 14.4. The minimum absolute atomic E-state index is 0. The molecule has 8 nitrogen and oxygen atoms in total. The van der Waals surface area contributed by atoms with Crippen LogP contribution in [0.3, 0.4) is 0 Å². The molecule has 30 heavy (non-hydrogen) atoms. The normalized spacial score (nSPS) is 14.8. The second-order valence-electron chi connectivity index (χ2n) is 7.25. The highest BCUT2D eigenvalue weighted by Crippen LogP contribution is 2.14. The summed E-state index contributed by atoms with van der Waals surface area (Å²) in [5.41, 5.74) is 1.07. The standard InChI is InChI=1S/C21H37N7O.HI/c1-5-22-21(23-11-10-20(29)27(6-2)7-3)25-17-18-8-9-19(24-16-18)28-14-12-26(4)13-15-28;/h8-9,16H,5-7,10-15,17H2,1-4H3,(H2,22,23,25);1H. The Morgan fingerprint density at radius 3 is 2.40 bits per heavy atom. The Bertz CT molecular complexity index is 641. The van der Waals surface area contributed by atoms with Gasteiger partial charge < -0.3 is 25.3 Å². The van der Waals surface area contributed by atoms with E-state index in [1.165, 1.54) is 0 Å². The fourth-order valence-electron chi connectivity index (χ4n) is 3.27. The van der Waals surface area contributed by atoms with Crippen LogP contribution in [0, 0.1) is 0 Å². The highest BCUT2D eigenvalue weighted by Gasteiger charge is 2.15. The van der Waals surface area contributed by atoms with Crippen molar-refractivity contribution in [3.05, 3.63) is 23.9 Å². The number of anilines is 1. The zero-order valence-electron chi connectivity index (χ0n) is 18.9. The van der Waals surface area contributed by atoms with Crippen LogP contribution in [0.1, 0.15) is 32.8 Å². The lowest BCUT2D eigenvalue weighted by Crippen LogP contribution is -2.44. The predicted molar refractivity (Wildman–Crippen MR) is 135 cm³/mol. The zero-order valence-corrected chi connectivity index (χ0v) is 21.2. The van der Waals surface area contributed by atoms with Gasteiger partial charge in [0, 0.05) is 65.0 Å². The molecule has 1 aliphatic heterocycles. The van der Waals surface area contributed by atoms with Crippen molar-refractivity contribution in [3.8, 4) is 0 Å². The van der Waals surface area contributed by atoms with E-state index in [1.54, 1.807) is 0 Å². The van der Waals surface area contributed by atoms with Crippen LogP contribution in [0.15, 0.2) is 23.3 Å². The average Bonchev–Trinajstić information content (AvgIpc) is 2.74. The van der Waals surface area contributed by atoms with Gasteiger partial charge >= 0.3 is 0 Å². The highest BCUT2D eigenvalue weighted by molar-refractivity contribution is 14.0. The summed E-state index contributed by atoms with van der Waals surface area (Å²) in [6.07, 6.45) is 2.37. The summed E-state index contributed by atoms with van der Waals surface area (Å²) in [6, 6.07) is 4.18. The van der Waals surface area contributed by atoms with Gasteiger partial charge in [0.1, 0.15) is 5.82 Å². The zero-order chi connectivity index (χ0) is 21.1. The largest absolute Gasteiger partial charge is 0.357 e. The molecule has 9 heteroatoms. The molecule has 0 spiro atoms. The monoisotopic (exact) mass is 531 g/mol. The van der Waals surface area contributed by atoms with Crippen molar-refractivity contribution in [3.63, 3.8) is 0 Å². The van der Waals surface area contributed by atoms with Crippen LogP contribution in [-0.4, -0.2) is 86.1 Å². The Hall–Kier alpha value is -1.62. The number of halogens is 1. The van der Waals surface area contributed by atoms with Gasteiger partial charge in [-0.2, -0.15) is 0 Å². The van der Waals surface area contributed by atoms with E-state index < -0.39 is 0 Å². The Morgan fingerprint density at radius 1 is 1.13 bits per heavy atom. The van der Waals surface area contributed by atoms with Crippen LogP contribution in [-0.2, 0) is 11.3 Å². The van der Waals surface area contributed by atoms with Crippen molar-refractivity contribution >= 4 is 41.7 Å². The van der Waals surface area contributed by atoms with E-state index in [4.69, 9.17) is 0 Å². The average molecular weight is 531 g/mol. The molecule has 0 atom stereocenters. The van der Waals surface area contributed by atoms with E-state index >= 15 is 0 Å². The van der Waals surface area contributed by atoms with Crippen LogP contribution in [0.5, 0.6) is 0 Å². The molecule has 2 heterocycles. The highest BCUT2D eigenvalue weighted by atomic mass is 127. The van der Waals surface area contributed by atoms with Gasteiger partial charge in [0.25, 0.3) is 0 Å². The predicted octanol–water partition coefficient (Wildman–Crippen LogP) is 1.77. The Balaban J connectivity index is 0.00000450. The molecule has 0 aliphatic carbocycles. The molecule has 0 radical (unpaired) electrons. The third-order valence-electron chi connectivity index (χ3n) is 5.15. The van der Waals surface area contributed by atoms with E-state index in [0.717, 1.165) is 63.2 Å². The Labute approximate surface area is 198 Å². The van der Waals surface area contributed by atoms with E-state index in [2.05, 4.69) is 49.6 Å². The third-order valence-corrected chi connectivity index (χ3v) is 5.15. The number of pyridine rings is 1. The summed E-state index contributed by atoms with van der Waals surface area (Å²) in [5.74, 6) is 1.93. The number of nitrogens with zero attached hydrogens (tertiary/aromatic N) is 5. The van der Waals surface area contributed by atoms with Crippen LogP contribution in [0.25, 0.3) is 0 Å². The molecule has 0 unspecified atom stereocenters. The minimum Gasteiger partial charge on any atom is -0.357 e. The molecule has 1 saturated heterocycles. The number of amides is 1. The molecule has 0 bridgehead atoms. The summed E-state index contributed by atoms with van der Waals surface area (Å²) in [7, 11) is 2.15. The first-order valence-corrected chi connectivity index (χ1v) is 10.8. The first-order valence-electron chi connectivity index (χ1n) is 10.8. The minimum atomic E-state index is 0. The third kappa shape index (κ3) is 8.63. The van der Waals surface area contributed by atoms with Gasteiger partial charge in [-0.25, -0.2) is 9.98 Å². The van der Waals surface area contributed by atoms with Crippen molar-refractivity contribution in [1.82, 2.24) is 25.4 Å². The van der Waals surface area contributed by atoms with Gasteiger partial charge in [0.05, 0.1) is 6.54 Å².